The van der Waals surface area contributed by atoms with E-state index < -0.39 is 39.2 Å². The second kappa shape index (κ2) is 9.25. The highest BCUT2D eigenvalue weighted by Gasteiger charge is 2.33. The summed E-state index contributed by atoms with van der Waals surface area (Å²) in [4.78, 5) is 23.3. The number of hydrogen-bond acceptors (Lipinski definition) is 4. The molecule has 7 nitrogen and oxygen atoms in total. The molecule has 0 radical (unpaired) electrons. The van der Waals surface area contributed by atoms with Gasteiger partial charge in [0, 0.05) is 25.3 Å². The minimum Gasteiger partial charge on any atom is -0.326 e. The first-order valence-corrected chi connectivity index (χ1v) is 10.5. The number of likely N-dealkylation sites (N-methyl/N-ethyl adjacent to an activating group) is 1. The van der Waals surface area contributed by atoms with Gasteiger partial charge in [-0.05, 0) is 42.8 Å². The molecule has 0 atom stereocenters. The number of aryl methyl sites for hydroxylation is 1. The molecule has 0 aliphatic carbocycles. The van der Waals surface area contributed by atoms with Crippen LogP contribution in [0.25, 0.3) is 0 Å². The maximum absolute atomic E-state index is 13.0. The Bertz CT molecular complexity index is 1120. The molecule has 168 valence electrons. The number of nitrogens with zero attached hydrogens (tertiary/aromatic N) is 1. The molecule has 0 fully saturated rings. The van der Waals surface area contributed by atoms with Crippen LogP contribution in [0.4, 0.5) is 24.5 Å². The van der Waals surface area contributed by atoms with Crippen molar-refractivity contribution in [2.24, 2.45) is 0 Å². The van der Waals surface area contributed by atoms with Crippen LogP contribution in [-0.4, -0.2) is 38.1 Å². The van der Waals surface area contributed by atoms with Crippen LogP contribution in [0.5, 0.6) is 0 Å². The lowest BCUT2D eigenvalue weighted by molar-refractivity contribution is -0.137. The van der Waals surface area contributed by atoms with Gasteiger partial charge in [-0.15, -0.1) is 0 Å². The third-order valence-electron chi connectivity index (χ3n) is 4.12. The highest BCUT2D eigenvalue weighted by molar-refractivity contribution is 7.89. The van der Waals surface area contributed by atoms with Gasteiger partial charge in [-0.25, -0.2) is 8.42 Å². The second-order valence-corrected chi connectivity index (χ2v) is 9.08. The van der Waals surface area contributed by atoms with E-state index in [0.29, 0.717) is 11.6 Å². The van der Waals surface area contributed by atoms with Gasteiger partial charge in [0.05, 0.1) is 22.0 Å². The average molecular weight is 478 g/mol. The Labute approximate surface area is 182 Å². The minimum absolute atomic E-state index is 0.125. The van der Waals surface area contributed by atoms with E-state index in [9.17, 15) is 31.2 Å². The van der Waals surface area contributed by atoms with Gasteiger partial charge in [0.1, 0.15) is 0 Å². The van der Waals surface area contributed by atoms with Crippen molar-refractivity contribution in [2.75, 3.05) is 24.2 Å². The number of nitrogens with one attached hydrogen (secondary N) is 2. The minimum atomic E-state index is -4.71. The molecule has 0 aliphatic heterocycles. The van der Waals surface area contributed by atoms with Gasteiger partial charge in [-0.1, -0.05) is 17.7 Å². The smallest absolute Gasteiger partial charge is 0.326 e. The summed E-state index contributed by atoms with van der Waals surface area (Å²) >= 11 is 5.54. The van der Waals surface area contributed by atoms with Crippen molar-refractivity contribution in [1.29, 1.82) is 0 Å². The number of alkyl halides is 3. The number of anilines is 2. The first-order chi connectivity index (χ1) is 14.2. The summed E-state index contributed by atoms with van der Waals surface area (Å²) in [6.45, 7) is 2.16. The number of benzene rings is 2. The van der Waals surface area contributed by atoms with Crippen LogP contribution in [-0.2, 0) is 25.8 Å². The molecule has 0 aromatic heterocycles. The number of carbonyl (C=O) groups is 2. The highest BCUT2D eigenvalue weighted by atomic mass is 35.5. The van der Waals surface area contributed by atoms with E-state index in [4.69, 9.17) is 11.6 Å². The molecule has 31 heavy (non-hydrogen) atoms. The molecule has 2 aromatic rings. The Kier molecular flexibility index (Phi) is 7.35. The molecule has 0 spiro atoms. The van der Waals surface area contributed by atoms with Gasteiger partial charge in [0.25, 0.3) is 0 Å². The fraction of sp³-hybridized carbons (Fsp3) is 0.263. The first kappa shape index (κ1) is 24.6. The lowest BCUT2D eigenvalue weighted by Crippen LogP contribution is -2.35. The maximum atomic E-state index is 13.0. The van der Waals surface area contributed by atoms with Crippen molar-refractivity contribution in [2.45, 2.75) is 24.9 Å². The zero-order chi connectivity index (χ0) is 23.6. The molecule has 0 bridgehead atoms. The highest BCUT2D eigenvalue weighted by Crippen LogP contribution is 2.36. The van der Waals surface area contributed by atoms with Crippen LogP contribution in [0.15, 0.2) is 41.3 Å². The van der Waals surface area contributed by atoms with E-state index >= 15 is 0 Å². The van der Waals surface area contributed by atoms with Gasteiger partial charge >= 0.3 is 6.18 Å². The third kappa shape index (κ3) is 6.18. The number of carbonyl (C=O) groups excluding carboxylic acids is 2. The lowest BCUT2D eigenvalue weighted by Gasteiger charge is -2.19. The Morgan fingerprint density at radius 1 is 1.06 bits per heavy atom. The van der Waals surface area contributed by atoms with Crippen molar-refractivity contribution in [3.8, 4) is 0 Å². The number of rotatable bonds is 6. The zero-order valence-electron chi connectivity index (χ0n) is 16.7. The molecule has 2 aromatic carbocycles. The SMILES string of the molecule is CC(=O)Nc1ccc(C)c(S(=O)(=O)N(C)CC(=O)Nc2ccc(Cl)c(C(F)(F)F)c2)c1. The molecular formula is C19H19ClF3N3O4S. The van der Waals surface area contributed by atoms with Gasteiger partial charge in [-0.3, -0.25) is 9.59 Å². The molecule has 2 amide bonds. The van der Waals surface area contributed by atoms with Crippen molar-refractivity contribution < 1.29 is 31.2 Å². The molecule has 0 aliphatic rings. The summed E-state index contributed by atoms with van der Waals surface area (Å²) in [6, 6.07) is 7.10. The van der Waals surface area contributed by atoms with Crippen LogP contribution in [0.1, 0.15) is 18.1 Å². The van der Waals surface area contributed by atoms with Crippen molar-refractivity contribution in [3.63, 3.8) is 0 Å². The van der Waals surface area contributed by atoms with E-state index in [1.807, 2.05) is 0 Å². The van der Waals surface area contributed by atoms with E-state index in [0.717, 1.165) is 17.4 Å². The molecule has 2 N–H and O–H groups in total. The monoisotopic (exact) mass is 477 g/mol. The molecule has 0 unspecified atom stereocenters. The van der Waals surface area contributed by atoms with E-state index in [2.05, 4.69) is 10.6 Å². The number of hydrogen-bond donors (Lipinski definition) is 2. The molecular weight excluding hydrogens is 459 g/mol. The van der Waals surface area contributed by atoms with Crippen LogP contribution in [0.3, 0.4) is 0 Å². The van der Waals surface area contributed by atoms with Crippen molar-refractivity contribution in [3.05, 3.63) is 52.5 Å². The molecule has 2 rings (SSSR count). The van der Waals surface area contributed by atoms with Crippen LogP contribution >= 0.6 is 11.6 Å². The number of halogens is 4. The van der Waals surface area contributed by atoms with Crippen LogP contribution in [0.2, 0.25) is 5.02 Å². The topological polar surface area (TPSA) is 95.6 Å². The average Bonchev–Trinajstić information content (AvgIpc) is 2.63. The van der Waals surface area contributed by atoms with Crippen LogP contribution in [0, 0.1) is 6.92 Å². The molecule has 0 heterocycles. The summed E-state index contributed by atoms with van der Waals surface area (Å²) in [6.07, 6.45) is -4.71. The Hall–Kier alpha value is -2.63. The fourth-order valence-corrected chi connectivity index (χ4v) is 4.23. The third-order valence-corrected chi connectivity index (χ3v) is 6.39. The molecule has 0 saturated carbocycles. The van der Waals surface area contributed by atoms with Crippen molar-refractivity contribution >= 4 is 44.8 Å². The molecule has 12 heteroatoms. The van der Waals surface area contributed by atoms with Crippen molar-refractivity contribution in [1.82, 2.24) is 4.31 Å². The first-order valence-electron chi connectivity index (χ1n) is 8.73. The predicted molar refractivity (Wildman–Crippen MR) is 110 cm³/mol. The maximum Gasteiger partial charge on any atom is 0.417 e. The number of amides is 2. The van der Waals surface area contributed by atoms with E-state index in [-0.39, 0.29) is 22.2 Å². The van der Waals surface area contributed by atoms with Gasteiger partial charge < -0.3 is 10.6 Å². The summed E-state index contributed by atoms with van der Waals surface area (Å²) in [5, 5.41) is 4.17. The van der Waals surface area contributed by atoms with Gasteiger partial charge in [0.15, 0.2) is 0 Å². The summed E-state index contributed by atoms with van der Waals surface area (Å²) in [5.41, 5.74) is -0.668. The number of sulfonamides is 1. The zero-order valence-corrected chi connectivity index (χ0v) is 18.2. The standard InChI is InChI=1S/C19H19ClF3N3O4S/c1-11-4-5-14(24-12(2)27)9-17(11)31(29,30)26(3)10-18(28)25-13-6-7-16(20)15(8-13)19(21,22)23/h4-9H,10H2,1-3H3,(H,24,27)(H,25,28). The summed E-state index contributed by atoms with van der Waals surface area (Å²) in [7, 11) is -2.98. The van der Waals surface area contributed by atoms with Crippen LogP contribution < -0.4 is 10.6 Å². The Morgan fingerprint density at radius 3 is 2.23 bits per heavy atom. The Morgan fingerprint density at radius 2 is 1.65 bits per heavy atom. The molecule has 0 saturated heterocycles. The Balaban J connectivity index is 2.20. The quantitative estimate of drug-likeness (QED) is 0.660. The van der Waals surface area contributed by atoms with Gasteiger partial charge in [0.2, 0.25) is 21.8 Å². The van der Waals surface area contributed by atoms with E-state index in [1.165, 1.54) is 31.2 Å². The summed E-state index contributed by atoms with van der Waals surface area (Å²) in [5.74, 6) is -1.24. The van der Waals surface area contributed by atoms with Gasteiger partial charge in [-0.2, -0.15) is 17.5 Å². The van der Waals surface area contributed by atoms with E-state index in [1.54, 1.807) is 6.92 Å². The lowest BCUT2D eigenvalue weighted by atomic mass is 10.2. The summed E-state index contributed by atoms with van der Waals surface area (Å²) < 4.78 is 65.4. The predicted octanol–water partition coefficient (Wildman–Crippen LogP) is 3.88. The normalized spacial score (nSPS) is 12.0. The second-order valence-electron chi connectivity index (χ2n) is 6.66. The largest absolute Gasteiger partial charge is 0.417 e. The fourth-order valence-electron chi connectivity index (χ4n) is 2.63.